The number of carbonyl (C=O) groups excluding carboxylic acids is 1. The number of benzene rings is 1. The highest BCUT2D eigenvalue weighted by molar-refractivity contribution is 5.90. The number of amides is 2. The number of aromatic nitrogens is 2. The summed E-state index contributed by atoms with van der Waals surface area (Å²) >= 11 is 0. The lowest BCUT2D eigenvalue weighted by Gasteiger charge is -2.30. The van der Waals surface area contributed by atoms with Gasteiger partial charge in [-0.25, -0.2) is 9.78 Å². The van der Waals surface area contributed by atoms with Crippen molar-refractivity contribution in [1.82, 2.24) is 15.3 Å². The summed E-state index contributed by atoms with van der Waals surface area (Å²) in [5, 5.41) is 6.15. The quantitative estimate of drug-likeness (QED) is 0.626. The van der Waals surface area contributed by atoms with E-state index < -0.39 is 5.54 Å². The Balaban J connectivity index is 1.47. The fraction of sp³-hybridized carbons (Fsp3) is 0.292. The highest BCUT2D eigenvalue weighted by atomic mass is 16.5. The van der Waals surface area contributed by atoms with Crippen molar-refractivity contribution in [3.05, 3.63) is 72.2 Å². The van der Waals surface area contributed by atoms with Crippen LogP contribution in [0.1, 0.15) is 37.1 Å². The van der Waals surface area contributed by atoms with Gasteiger partial charge in [-0.15, -0.1) is 0 Å². The minimum atomic E-state index is -0.465. The van der Waals surface area contributed by atoms with E-state index >= 15 is 0 Å². The first-order valence-electron chi connectivity index (χ1n) is 10.2. The molecule has 6 nitrogen and oxygen atoms in total. The number of nitrogens with zero attached hydrogens (tertiary/aromatic N) is 2. The number of carbonyl (C=O) groups is 1. The molecule has 1 saturated carbocycles. The molecule has 154 valence electrons. The van der Waals surface area contributed by atoms with Gasteiger partial charge in [0.15, 0.2) is 0 Å². The molecule has 2 heterocycles. The second-order valence-corrected chi connectivity index (χ2v) is 7.70. The van der Waals surface area contributed by atoms with E-state index in [1.807, 2.05) is 61.5 Å². The number of ether oxygens (including phenoxy) is 1. The summed E-state index contributed by atoms with van der Waals surface area (Å²) in [5.74, 6) is 0.558. The number of hydrogen-bond donors (Lipinski definition) is 2. The average molecular weight is 402 g/mol. The number of hydrogen-bond acceptors (Lipinski definition) is 4. The third-order valence-corrected chi connectivity index (χ3v) is 5.61. The van der Waals surface area contributed by atoms with Gasteiger partial charge < -0.3 is 15.4 Å². The van der Waals surface area contributed by atoms with Gasteiger partial charge in [0.25, 0.3) is 0 Å². The predicted molar refractivity (Wildman–Crippen MR) is 117 cm³/mol. The zero-order chi connectivity index (χ0) is 21.0. The molecule has 1 aliphatic rings. The maximum atomic E-state index is 12.8. The van der Waals surface area contributed by atoms with Gasteiger partial charge in [-0.05, 0) is 61.2 Å². The van der Waals surface area contributed by atoms with Crippen LogP contribution in [0.15, 0.2) is 60.8 Å². The minimum Gasteiger partial charge on any atom is -0.481 e. The van der Waals surface area contributed by atoms with E-state index in [2.05, 4.69) is 20.6 Å². The Bertz CT molecular complexity index is 1030. The number of anilines is 1. The highest BCUT2D eigenvalue weighted by Gasteiger charge is 2.38. The first kappa shape index (κ1) is 19.9. The van der Waals surface area contributed by atoms with Gasteiger partial charge in [0.2, 0.25) is 5.88 Å². The van der Waals surface area contributed by atoms with Crippen LogP contribution in [0.5, 0.6) is 5.88 Å². The topological polar surface area (TPSA) is 76.1 Å². The van der Waals surface area contributed by atoms with E-state index in [0.29, 0.717) is 5.88 Å². The Kier molecular flexibility index (Phi) is 5.65. The van der Waals surface area contributed by atoms with Crippen LogP contribution in [-0.4, -0.2) is 23.1 Å². The number of urea groups is 1. The lowest BCUT2D eigenvalue weighted by Crippen LogP contribution is -2.46. The molecule has 0 spiro atoms. The third kappa shape index (κ3) is 4.27. The lowest BCUT2D eigenvalue weighted by molar-refractivity contribution is 0.235. The summed E-state index contributed by atoms with van der Waals surface area (Å²) in [7, 11) is 1.60. The van der Waals surface area contributed by atoms with Gasteiger partial charge in [-0.1, -0.05) is 31.0 Å². The van der Waals surface area contributed by atoms with Crippen LogP contribution < -0.4 is 15.4 Å². The van der Waals surface area contributed by atoms with Crippen LogP contribution in [-0.2, 0) is 5.54 Å². The molecule has 1 aromatic carbocycles. The first-order chi connectivity index (χ1) is 14.6. The second kappa shape index (κ2) is 8.53. The van der Waals surface area contributed by atoms with Crippen LogP contribution in [0.4, 0.5) is 10.5 Å². The van der Waals surface area contributed by atoms with Crippen molar-refractivity contribution in [3.8, 4) is 17.0 Å². The van der Waals surface area contributed by atoms with Crippen molar-refractivity contribution >= 4 is 11.7 Å². The van der Waals surface area contributed by atoms with Crippen molar-refractivity contribution in [2.45, 2.75) is 38.1 Å². The number of aryl methyl sites for hydroxylation is 1. The molecular weight excluding hydrogens is 376 g/mol. The summed E-state index contributed by atoms with van der Waals surface area (Å²) < 4.78 is 5.27. The average Bonchev–Trinajstić information content (AvgIpc) is 3.24. The summed E-state index contributed by atoms with van der Waals surface area (Å²) in [6, 6.07) is 17.3. The van der Waals surface area contributed by atoms with Gasteiger partial charge >= 0.3 is 6.03 Å². The minimum absolute atomic E-state index is 0.228. The zero-order valence-corrected chi connectivity index (χ0v) is 17.3. The number of nitrogens with one attached hydrogen (secondary N) is 2. The lowest BCUT2D eigenvalue weighted by atomic mass is 9.92. The standard InChI is InChI=1S/C24H26N4O2/c1-17-16-19(12-15-25-17)18-8-10-20(11-9-18)26-23(29)28-24(13-3-4-14-24)21-6-5-7-22(27-21)30-2/h5-12,15-16H,3-4,13-14H2,1-2H3,(H2,26,28,29). The number of pyridine rings is 2. The van der Waals surface area contributed by atoms with E-state index in [4.69, 9.17) is 4.74 Å². The van der Waals surface area contributed by atoms with Gasteiger partial charge in [-0.2, -0.15) is 0 Å². The molecule has 1 fully saturated rings. The number of rotatable bonds is 5. The number of methoxy groups -OCH3 is 1. The van der Waals surface area contributed by atoms with Gasteiger partial charge in [0.05, 0.1) is 18.3 Å². The van der Waals surface area contributed by atoms with Gasteiger partial charge in [0, 0.05) is 23.6 Å². The van der Waals surface area contributed by atoms with Crippen molar-refractivity contribution < 1.29 is 9.53 Å². The molecule has 30 heavy (non-hydrogen) atoms. The van der Waals surface area contributed by atoms with Crippen molar-refractivity contribution in [1.29, 1.82) is 0 Å². The highest BCUT2D eigenvalue weighted by Crippen LogP contribution is 2.38. The fourth-order valence-electron chi connectivity index (χ4n) is 4.07. The molecule has 6 heteroatoms. The summed E-state index contributed by atoms with van der Waals surface area (Å²) in [5.41, 5.74) is 4.29. The monoisotopic (exact) mass is 402 g/mol. The summed E-state index contributed by atoms with van der Waals surface area (Å²) in [4.78, 5) is 21.6. The predicted octanol–water partition coefficient (Wildman–Crippen LogP) is 5.05. The molecule has 0 saturated heterocycles. The van der Waals surface area contributed by atoms with Crippen LogP contribution in [0.25, 0.3) is 11.1 Å². The smallest absolute Gasteiger partial charge is 0.319 e. The maximum Gasteiger partial charge on any atom is 0.319 e. The Labute approximate surface area is 176 Å². The summed E-state index contributed by atoms with van der Waals surface area (Å²) in [6.45, 7) is 1.97. The first-order valence-corrected chi connectivity index (χ1v) is 10.2. The zero-order valence-electron chi connectivity index (χ0n) is 17.3. The molecule has 0 bridgehead atoms. The normalized spacial score (nSPS) is 14.9. The van der Waals surface area contributed by atoms with Crippen LogP contribution in [0.2, 0.25) is 0 Å². The van der Waals surface area contributed by atoms with Crippen LogP contribution in [0.3, 0.4) is 0 Å². The van der Waals surface area contributed by atoms with Crippen LogP contribution in [0, 0.1) is 6.92 Å². The van der Waals surface area contributed by atoms with Crippen molar-refractivity contribution in [2.75, 3.05) is 12.4 Å². The fourth-order valence-corrected chi connectivity index (χ4v) is 4.07. The van der Waals surface area contributed by atoms with E-state index in [-0.39, 0.29) is 6.03 Å². The van der Waals surface area contributed by atoms with Crippen molar-refractivity contribution in [2.24, 2.45) is 0 Å². The molecule has 2 aromatic heterocycles. The van der Waals surface area contributed by atoms with E-state index in [9.17, 15) is 4.79 Å². The Morgan fingerprint density at radius 2 is 1.80 bits per heavy atom. The van der Waals surface area contributed by atoms with Gasteiger partial charge in [-0.3, -0.25) is 4.98 Å². The SMILES string of the molecule is COc1cccc(C2(NC(=O)Nc3ccc(-c4ccnc(C)c4)cc3)CCCC2)n1. The van der Waals surface area contributed by atoms with Crippen molar-refractivity contribution in [3.63, 3.8) is 0 Å². The third-order valence-electron chi connectivity index (χ3n) is 5.61. The van der Waals surface area contributed by atoms with Gasteiger partial charge in [0.1, 0.15) is 0 Å². The Morgan fingerprint density at radius 1 is 1.03 bits per heavy atom. The molecule has 2 N–H and O–H groups in total. The van der Waals surface area contributed by atoms with E-state index in [1.54, 1.807) is 13.3 Å². The Morgan fingerprint density at radius 3 is 2.50 bits per heavy atom. The molecular formula is C24H26N4O2. The van der Waals surface area contributed by atoms with Crippen LogP contribution >= 0.6 is 0 Å². The maximum absolute atomic E-state index is 12.8. The largest absolute Gasteiger partial charge is 0.481 e. The Hall–Kier alpha value is -3.41. The molecule has 0 radical (unpaired) electrons. The summed E-state index contributed by atoms with van der Waals surface area (Å²) in [6.07, 6.45) is 5.64. The van der Waals surface area contributed by atoms with E-state index in [0.717, 1.165) is 53.9 Å². The molecule has 0 atom stereocenters. The second-order valence-electron chi connectivity index (χ2n) is 7.70. The molecule has 2 amide bonds. The molecule has 3 aromatic rings. The molecule has 4 rings (SSSR count). The molecule has 1 aliphatic carbocycles. The molecule has 0 aliphatic heterocycles. The van der Waals surface area contributed by atoms with E-state index in [1.165, 1.54) is 0 Å². The molecule has 0 unspecified atom stereocenters.